The summed E-state index contributed by atoms with van der Waals surface area (Å²) in [5.74, 6) is 0. The first kappa shape index (κ1) is 19.6. The lowest BCUT2D eigenvalue weighted by molar-refractivity contribution is -0.0429. The maximum Gasteiger partial charge on any atom is 0.516 e. The van der Waals surface area contributed by atoms with Gasteiger partial charge in [-0.15, -0.1) is 0 Å². The molecule has 0 unspecified atom stereocenters. The number of hydrogen-bond donors (Lipinski definition) is 1. The van der Waals surface area contributed by atoms with E-state index in [9.17, 15) is 21.6 Å². The summed E-state index contributed by atoms with van der Waals surface area (Å²) in [5, 5.41) is 4.09. The highest BCUT2D eigenvalue weighted by Crippen LogP contribution is 2.29. The van der Waals surface area contributed by atoms with Gasteiger partial charge in [0.25, 0.3) is 0 Å². The van der Waals surface area contributed by atoms with Gasteiger partial charge in [0.2, 0.25) is 0 Å². The second-order valence-corrected chi connectivity index (χ2v) is 7.68. The van der Waals surface area contributed by atoms with Crippen molar-refractivity contribution in [1.29, 1.82) is 0 Å². The van der Waals surface area contributed by atoms with Crippen molar-refractivity contribution in [1.82, 2.24) is 0 Å². The van der Waals surface area contributed by atoms with Gasteiger partial charge in [0.15, 0.2) is 0 Å². The fourth-order valence-corrected chi connectivity index (χ4v) is 3.21. The van der Waals surface area contributed by atoms with Crippen LogP contribution in [0.4, 0.5) is 18.9 Å². The first-order chi connectivity index (χ1) is 11.6. The number of anilines is 1. The highest BCUT2D eigenvalue weighted by Gasteiger charge is 2.46. The Morgan fingerprint density at radius 3 is 2.52 bits per heavy atom. The van der Waals surface area contributed by atoms with Gasteiger partial charge in [-0.1, -0.05) is 23.7 Å². The predicted molar refractivity (Wildman–Crippen MR) is 89.9 cm³/mol. The highest BCUT2D eigenvalue weighted by atomic mass is 32.2. The number of halogens is 3. The minimum Gasteiger partial charge on any atom is -0.392 e. The summed E-state index contributed by atoms with van der Waals surface area (Å²) in [4.78, 5) is 5.49. The molecule has 1 aromatic rings. The Morgan fingerprint density at radius 1 is 1.32 bits per heavy atom. The van der Waals surface area contributed by atoms with E-state index in [0.717, 1.165) is 31.2 Å². The van der Waals surface area contributed by atoms with Crippen LogP contribution in [0.3, 0.4) is 0 Å². The molecule has 25 heavy (non-hydrogen) atoms. The van der Waals surface area contributed by atoms with Crippen molar-refractivity contribution < 1.29 is 26.4 Å². The smallest absolute Gasteiger partial charge is 0.392 e. The summed E-state index contributed by atoms with van der Waals surface area (Å²) in [6.45, 7) is 3.54. The fourth-order valence-electron chi connectivity index (χ4n) is 2.62. The van der Waals surface area contributed by atoms with E-state index in [0.29, 0.717) is 12.1 Å². The third-order valence-electron chi connectivity index (χ3n) is 3.98. The van der Waals surface area contributed by atoms with E-state index in [1.807, 2.05) is 0 Å². The van der Waals surface area contributed by atoms with Gasteiger partial charge in [-0.05, 0) is 51.2 Å². The predicted octanol–water partition coefficient (Wildman–Crippen LogP) is 4.33. The molecule has 1 fully saturated rings. The molecule has 9 heteroatoms. The van der Waals surface area contributed by atoms with Gasteiger partial charge in [0.1, 0.15) is 6.10 Å². The van der Waals surface area contributed by atoms with Gasteiger partial charge in [0, 0.05) is 5.56 Å². The Morgan fingerprint density at radius 2 is 1.96 bits per heavy atom. The molecule has 1 aromatic carbocycles. The number of nitrogens with zero attached hydrogens (tertiary/aromatic N) is 1. The second kappa shape index (κ2) is 7.63. The van der Waals surface area contributed by atoms with E-state index in [4.69, 9.17) is 4.84 Å². The van der Waals surface area contributed by atoms with E-state index in [1.54, 1.807) is 24.6 Å². The summed E-state index contributed by atoms with van der Waals surface area (Å²) in [6.07, 6.45) is 4.29. The molecule has 0 aromatic heterocycles. The van der Waals surface area contributed by atoms with Crippen LogP contribution in [0, 0.1) is 6.92 Å². The van der Waals surface area contributed by atoms with Crippen LogP contribution < -0.4 is 4.72 Å². The molecule has 1 aliphatic rings. The summed E-state index contributed by atoms with van der Waals surface area (Å²) in [6, 6.07) is 4.42. The number of nitrogens with one attached hydrogen (secondary N) is 1. The second-order valence-electron chi connectivity index (χ2n) is 6.00. The molecule has 140 valence electrons. The summed E-state index contributed by atoms with van der Waals surface area (Å²) in [7, 11) is -5.50. The molecule has 0 aliphatic heterocycles. The molecule has 5 nitrogen and oxygen atoms in total. The summed E-state index contributed by atoms with van der Waals surface area (Å²) in [5.41, 5.74) is -4.10. The average molecular weight is 378 g/mol. The standard InChI is InChI=1S/C16H21F3N2O3S/c1-3-14(20-24-12-6-4-5-7-12)13-10-11(2)8-9-15(13)21-25(22,23)16(17,18)19/h8-10,12,21H,3-7H2,1-2H3/b20-14+. The zero-order valence-electron chi connectivity index (χ0n) is 14.1. The number of aryl methyl sites for hydroxylation is 1. The number of sulfonamides is 1. The van der Waals surface area contributed by atoms with Crippen molar-refractivity contribution in [3.63, 3.8) is 0 Å². The fraction of sp³-hybridized carbons (Fsp3) is 0.562. The number of oxime groups is 1. The zero-order valence-corrected chi connectivity index (χ0v) is 14.9. The molecular formula is C16H21F3N2O3S. The molecule has 0 radical (unpaired) electrons. The topological polar surface area (TPSA) is 67.8 Å². The number of hydrogen-bond acceptors (Lipinski definition) is 4. The van der Waals surface area contributed by atoms with Crippen LogP contribution in [0.25, 0.3) is 0 Å². The lowest BCUT2D eigenvalue weighted by Crippen LogP contribution is -2.30. The van der Waals surface area contributed by atoms with Crippen LogP contribution in [0.2, 0.25) is 0 Å². The van der Waals surface area contributed by atoms with E-state index in [-0.39, 0.29) is 17.4 Å². The van der Waals surface area contributed by atoms with E-state index >= 15 is 0 Å². The monoisotopic (exact) mass is 378 g/mol. The molecule has 1 saturated carbocycles. The highest BCUT2D eigenvalue weighted by molar-refractivity contribution is 7.93. The largest absolute Gasteiger partial charge is 0.516 e. The Bertz CT molecular complexity index is 739. The third-order valence-corrected chi connectivity index (χ3v) is 5.08. The normalized spacial score (nSPS) is 16.9. The molecule has 1 N–H and O–H groups in total. The van der Waals surface area contributed by atoms with Gasteiger partial charge in [0.05, 0.1) is 11.4 Å². The van der Waals surface area contributed by atoms with Crippen molar-refractivity contribution in [2.45, 2.75) is 57.6 Å². The van der Waals surface area contributed by atoms with Crippen molar-refractivity contribution in [2.24, 2.45) is 5.16 Å². The van der Waals surface area contributed by atoms with Crippen molar-refractivity contribution in [2.75, 3.05) is 4.72 Å². The Kier molecular flexibility index (Phi) is 5.97. The maximum absolute atomic E-state index is 12.7. The van der Waals surface area contributed by atoms with Crippen LogP contribution in [0.5, 0.6) is 0 Å². The summed E-state index contributed by atoms with van der Waals surface area (Å²) < 4.78 is 62.4. The van der Waals surface area contributed by atoms with Gasteiger partial charge in [-0.25, -0.2) is 0 Å². The number of alkyl halides is 3. The first-order valence-electron chi connectivity index (χ1n) is 8.07. The molecule has 1 aliphatic carbocycles. The molecule has 0 saturated heterocycles. The van der Waals surface area contributed by atoms with E-state index in [2.05, 4.69) is 5.16 Å². The molecule has 0 spiro atoms. The molecular weight excluding hydrogens is 357 g/mol. The molecule has 0 bridgehead atoms. The number of benzene rings is 1. The quantitative estimate of drug-likeness (QED) is 0.592. The van der Waals surface area contributed by atoms with Crippen LogP contribution in [-0.4, -0.2) is 25.7 Å². The van der Waals surface area contributed by atoms with E-state index in [1.165, 1.54) is 12.1 Å². The minimum absolute atomic E-state index is 0.00155. The minimum atomic E-state index is -5.50. The van der Waals surface area contributed by atoms with Gasteiger partial charge < -0.3 is 4.84 Å². The summed E-state index contributed by atoms with van der Waals surface area (Å²) >= 11 is 0. The van der Waals surface area contributed by atoms with Crippen molar-refractivity contribution in [3.05, 3.63) is 29.3 Å². The van der Waals surface area contributed by atoms with E-state index < -0.39 is 15.5 Å². The van der Waals surface area contributed by atoms with Crippen LogP contribution in [-0.2, 0) is 14.9 Å². The van der Waals surface area contributed by atoms with Gasteiger partial charge in [-0.2, -0.15) is 21.6 Å². The van der Waals surface area contributed by atoms with Gasteiger partial charge in [-0.3, -0.25) is 4.72 Å². The third kappa shape index (κ3) is 4.87. The Balaban J connectivity index is 2.34. The zero-order chi connectivity index (χ0) is 18.7. The van der Waals surface area contributed by atoms with Crippen molar-refractivity contribution in [3.8, 4) is 0 Å². The van der Waals surface area contributed by atoms with Crippen molar-refractivity contribution >= 4 is 21.4 Å². The van der Waals surface area contributed by atoms with Crippen LogP contribution in [0.15, 0.2) is 23.4 Å². The lowest BCUT2D eigenvalue weighted by atomic mass is 10.0. The average Bonchev–Trinajstić information content (AvgIpc) is 3.02. The first-order valence-corrected chi connectivity index (χ1v) is 9.55. The van der Waals surface area contributed by atoms with Gasteiger partial charge >= 0.3 is 15.5 Å². The van der Waals surface area contributed by atoms with Crippen LogP contribution in [0.1, 0.15) is 50.2 Å². The molecule has 2 rings (SSSR count). The number of rotatable bonds is 6. The Labute approximate surface area is 145 Å². The SMILES string of the molecule is CC/C(=N\OC1CCCC1)c1cc(C)ccc1NS(=O)(=O)C(F)(F)F. The molecule has 0 amide bonds. The molecule has 0 atom stereocenters. The maximum atomic E-state index is 12.7. The van der Waals surface area contributed by atoms with Crippen LogP contribution >= 0.6 is 0 Å². The molecule has 0 heterocycles. The lowest BCUT2D eigenvalue weighted by Gasteiger charge is -2.16. The Hall–Kier alpha value is -1.77.